The van der Waals surface area contributed by atoms with E-state index < -0.39 is 5.91 Å². The molecule has 2 N–H and O–H groups in total. The van der Waals surface area contributed by atoms with Crippen LogP contribution in [0.5, 0.6) is 11.5 Å². The zero-order valence-corrected chi connectivity index (χ0v) is 18.0. The zero-order valence-electron chi connectivity index (χ0n) is 18.0. The summed E-state index contributed by atoms with van der Waals surface area (Å²) in [5.41, 5.74) is 1.60. The van der Waals surface area contributed by atoms with Crippen LogP contribution in [-0.4, -0.2) is 40.6 Å². The van der Waals surface area contributed by atoms with Crippen molar-refractivity contribution >= 4 is 22.6 Å². The van der Waals surface area contributed by atoms with Gasteiger partial charge < -0.3 is 19.4 Å². The molecule has 9 nitrogen and oxygen atoms in total. The second-order valence-corrected chi connectivity index (χ2v) is 7.24. The second-order valence-electron chi connectivity index (χ2n) is 7.24. The Labute approximate surface area is 183 Å². The molecule has 3 heterocycles. The van der Waals surface area contributed by atoms with Crippen molar-refractivity contribution in [3.63, 3.8) is 0 Å². The molecule has 0 aliphatic carbocycles. The van der Waals surface area contributed by atoms with Crippen molar-refractivity contribution in [1.29, 1.82) is 5.41 Å². The predicted molar refractivity (Wildman–Crippen MR) is 119 cm³/mol. The van der Waals surface area contributed by atoms with Crippen molar-refractivity contribution in [3.8, 4) is 11.5 Å². The fraction of sp³-hybridized carbons (Fsp3) is 0.217. The van der Waals surface area contributed by atoms with E-state index in [4.69, 9.17) is 14.9 Å². The molecular weight excluding hydrogens is 410 g/mol. The molecule has 32 heavy (non-hydrogen) atoms. The predicted octanol–water partition coefficient (Wildman–Crippen LogP) is 1.66. The van der Waals surface area contributed by atoms with E-state index in [-0.39, 0.29) is 22.0 Å². The van der Waals surface area contributed by atoms with Crippen molar-refractivity contribution in [3.05, 3.63) is 75.6 Å². The number of carbonyl (C=O) groups is 1. The summed E-state index contributed by atoms with van der Waals surface area (Å²) in [5.74, 6) is 0.826. The third-order valence-electron chi connectivity index (χ3n) is 5.34. The monoisotopic (exact) mass is 433 g/mol. The Kier molecular flexibility index (Phi) is 5.63. The van der Waals surface area contributed by atoms with Crippen LogP contribution in [0.2, 0.25) is 0 Å². The van der Waals surface area contributed by atoms with Gasteiger partial charge in [-0.25, -0.2) is 4.98 Å². The number of nitrogens with one attached hydrogen (secondary N) is 2. The smallest absolute Gasteiger partial charge is 0.267 e. The number of ether oxygens (including phenoxy) is 2. The van der Waals surface area contributed by atoms with Gasteiger partial charge in [0.05, 0.1) is 25.2 Å². The molecule has 0 atom stereocenters. The van der Waals surface area contributed by atoms with Crippen LogP contribution in [-0.2, 0) is 13.5 Å². The molecule has 0 aliphatic rings. The Morgan fingerprint density at radius 2 is 1.91 bits per heavy atom. The van der Waals surface area contributed by atoms with E-state index in [9.17, 15) is 9.59 Å². The van der Waals surface area contributed by atoms with E-state index >= 15 is 0 Å². The molecule has 9 heteroatoms. The number of nitrogens with zero attached hydrogens (tertiary/aromatic N) is 3. The molecule has 0 bridgehead atoms. The average Bonchev–Trinajstić information content (AvgIpc) is 2.81. The fourth-order valence-electron chi connectivity index (χ4n) is 3.60. The Morgan fingerprint density at radius 3 is 2.66 bits per heavy atom. The average molecular weight is 433 g/mol. The van der Waals surface area contributed by atoms with Crippen LogP contribution >= 0.6 is 0 Å². The first-order valence-corrected chi connectivity index (χ1v) is 9.99. The topological polar surface area (TPSA) is 111 Å². The Hall–Kier alpha value is -4.14. The molecular formula is C23H23N5O4. The molecule has 4 rings (SSSR count). The van der Waals surface area contributed by atoms with Gasteiger partial charge in [-0.05, 0) is 42.3 Å². The van der Waals surface area contributed by atoms with Crippen molar-refractivity contribution < 1.29 is 14.3 Å². The summed E-state index contributed by atoms with van der Waals surface area (Å²) in [7, 11) is 4.76. The van der Waals surface area contributed by atoms with Crippen LogP contribution in [0, 0.1) is 5.41 Å². The number of amides is 1. The Morgan fingerprint density at radius 1 is 1.12 bits per heavy atom. The summed E-state index contributed by atoms with van der Waals surface area (Å²) in [5, 5.41) is 11.5. The van der Waals surface area contributed by atoms with Crippen LogP contribution in [0.3, 0.4) is 0 Å². The summed E-state index contributed by atoms with van der Waals surface area (Å²) in [4.78, 5) is 30.2. The highest BCUT2D eigenvalue weighted by atomic mass is 16.5. The first-order valence-electron chi connectivity index (χ1n) is 9.99. The number of aromatic nitrogens is 3. The van der Waals surface area contributed by atoms with Crippen LogP contribution in [0.1, 0.15) is 15.9 Å². The van der Waals surface area contributed by atoms with Gasteiger partial charge in [-0.1, -0.05) is 12.1 Å². The first-order chi connectivity index (χ1) is 15.4. The van der Waals surface area contributed by atoms with Gasteiger partial charge in [-0.3, -0.25) is 19.4 Å². The van der Waals surface area contributed by atoms with Gasteiger partial charge in [-0.2, -0.15) is 0 Å². The third-order valence-corrected chi connectivity index (χ3v) is 5.34. The standard InChI is InChI=1S/C23H23N5O4/c1-27-20(24)15(13-16-21(27)26-19-6-4-5-11-28(19)23(16)30)22(29)25-10-9-14-7-8-17(31-2)18(12-14)32-3/h4-8,11-13,24H,9-10H2,1-3H3,(H,25,29). The molecule has 1 aromatic carbocycles. The van der Waals surface area contributed by atoms with Crippen molar-refractivity contribution in [2.24, 2.45) is 7.05 Å². The summed E-state index contributed by atoms with van der Waals surface area (Å²) < 4.78 is 13.4. The highest BCUT2D eigenvalue weighted by Crippen LogP contribution is 2.27. The van der Waals surface area contributed by atoms with Gasteiger partial charge in [0.1, 0.15) is 16.8 Å². The quantitative estimate of drug-likeness (QED) is 0.449. The number of carbonyl (C=O) groups excluding carboxylic acids is 1. The van der Waals surface area contributed by atoms with Crippen LogP contribution in [0.15, 0.2) is 53.5 Å². The minimum Gasteiger partial charge on any atom is -0.493 e. The number of methoxy groups -OCH3 is 2. The molecule has 0 fully saturated rings. The minimum atomic E-state index is -0.425. The van der Waals surface area contributed by atoms with E-state index in [1.165, 1.54) is 15.0 Å². The van der Waals surface area contributed by atoms with E-state index in [0.717, 1.165) is 5.56 Å². The lowest BCUT2D eigenvalue weighted by Crippen LogP contribution is -2.34. The molecule has 0 saturated heterocycles. The maximum Gasteiger partial charge on any atom is 0.267 e. The van der Waals surface area contributed by atoms with E-state index in [0.29, 0.717) is 35.8 Å². The number of fused-ring (bicyclic) bond motifs is 2. The molecule has 0 unspecified atom stereocenters. The van der Waals surface area contributed by atoms with E-state index in [1.807, 2.05) is 18.2 Å². The van der Waals surface area contributed by atoms with Crippen molar-refractivity contribution in [2.45, 2.75) is 6.42 Å². The minimum absolute atomic E-state index is 0.0201. The highest BCUT2D eigenvalue weighted by molar-refractivity contribution is 5.96. The number of aryl methyl sites for hydroxylation is 1. The normalized spacial score (nSPS) is 11.0. The van der Waals surface area contributed by atoms with Gasteiger partial charge in [0.15, 0.2) is 11.5 Å². The molecule has 0 radical (unpaired) electrons. The lowest BCUT2D eigenvalue weighted by molar-refractivity contribution is 0.0952. The maximum absolute atomic E-state index is 12.9. The van der Waals surface area contributed by atoms with E-state index in [1.54, 1.807) is 45.7 Å². The number of pyridine rings is 2. The largest absolute Gasteiger partial charge is 0.493 e. The van der Waals surface area contributed by atoms with Crippen LogP contribution in [0.4, 0.5) is 0 Å². The maximum atomic E-state index is 12.9. The Bertz CT molecular complexity index is 1460. The number of hydrogen-bond acceptors (Lipinski definition) is 6. The molecule has 1 amide bonds. The number of benzene rings is 1. The second kappa shape index (κ2) is 8.54. The molecule has 0 saturated carbocycles. The lowest BCUT2D eigenvalue weighted by Gasteiger charge is -2.12. The van der Waals surface area contributed by atoms with E-state index in [2.05, 4.69) is 10.3 Å². The molecule has 4 aromatic rings. The highest BCUT2D eigenvalue weighted by Gasteiger charge is 2.16. The van der Waals surface area contributed by atoms with Crippen LogP contribution in [0.25, 0.3) is 16.7 Å². The number of hydrogen-bond donors (Lipinski definition) is 2. The van der Waals surface area contributed by atoms with Gasteiger partial charge in [0, 0.05) is 19.8 Å². The SMILES string of the molecule is COc1ccc(CCNC(=O)c2cc3c(=O)n4ccccc4nc3n(C)c2=N)cc1OC. The lowest BCUT2D eigenvalue weighted by atomic mass is 10.1. The zero-order chi connectivity index (χ0) is 22.8. The van der Waals surface area contributed by atoms with Crippen LogP contribution < -0.4 is 25.8 Å². The summed E-state index contributed by atoms with van der Waals surface area (Å²) in [6, 6.07) is 12.3. The summed E-state index contributed by atoms with van der Waals surface area (Å²) in [6.07, 6.45) is 2.19. The Balaban J connectivity index is 1.60. The molecule has 3 aromatic heterocycles. The van der Waals surface area contributed by atoms with Gasteiger partial charge in [0.25, 0.3) is 11.5 Å². The molecule has 0 spiro atoms. The van der Waals surface area contributed by atoms with Crippen molar-refractivity contribution in [2.75, 3.05) is 20.8 Å². The number of rotatable bonds is 6. The summed E-state index contributed by atoms with van der Waals surface area (Å²) >= 11 is 0. The van der Waals surface area contributed by atoms with Crippen molar-refractivity contribution in [1.82, 2.24) is 19.3 Å². The fourth-order valence-corrected chi connectivity index (χ4v) is 3.60. The molecule has 0 aliphatic heterocycles. The van der Waals surface area contributed by atoms with Gasteiger partial charge >= 0.3 is 0 Å². The third kappa shape index (κ3) is 3.68. The summed E-state index contributed by atoms with van der Waals surface area (Å²) in [6.45, 7) is 0.352. The van der Waals surface area contributed by atoms with Gasteiger partial charge in [0.2, 0.25) is 0 Å². The first kappa shape index (κ1) is 21.1. The van der Waals surface area contributed by atoms with Gasteiger partial charge in [-0.15, -0.1) is 0 Å². The molecule has 164 valence electrons.